The van der Waals surface area contributed by atoms with E-state index in [4.69, 9.17) is 4.74 Å². The number of likely N-dealkylation sites (tertiary alicyclic amines) is 1. The lowest BCUT2D eigenvalue weighted by atomic mass is 9.90. The fourth-order valence-electron chi connectivity index (χ4n) is 4.53. The fourth-order valence-corrected chi connectivity index (χ4v) is 5.79. The zero-order valence-electron chi connectivity index (χ0n) is 19.9. The molecule has 4 rings (SSSR count). The highest BCUT2D eigenvalue weighted by atomic mass is 32.2. The molecule has 1 saturated heterocycles. The predicted octanol–water partition coefficient (Wildman–Crippen LogP) is 2.92. The van der Waals surface area contributed by atoms with Gasteiger partial charge >= 0.3 is 5.97 Å². The Morgan fingerprint density at radius 1 is 1.09 bits per heavy atom. The highest BCUT2D eigenvalue weighted by molar-refractivity contribution is 7.90. The maximum Gasteiger partial charge on any atom is 0.306 e. The molecular formula is C26H31N3O5S. The molecule has 0 radical (unpaired) electrons. The van der Waals surface area contributed by atoms with Gasteiger partial charge in [0, 0.05) is 31.6 Å². The molecule has 1 atom stereocenters. The molecule has 0 aliphatic carbocycles. The number of rotatable bonds is 8. The minimum absolute atomic E-state index is 0.0992. The number of hydrogen-bond acceptors (Lipinski definition) is 6. The molecule has 35 heavy (non-hydrogen) atoms. The summed E-state index contributed by atoms with van der Waals surface area (Å²) in [7, 11) is -3.58. The average molecular weight is 498 g/mol. The summed E-state index contributed by atoms with van der Waals surface area (Å²) >= 11 is 0. The first-order chi connectivity index (χ1) is 16.8. The molecule has 2 heterocycles. The number of amidine groups is 1. The molecule has 1 N–H and O–H groups in total. The van der Waals surface area contributed by atoms with Crippen LogP contribution in [0.4, 0.5) is 0 Å². The first-order valence-electron chi connectivity index (χ1n) is 12.0. The van der Waals surface area contributed by atoms with Crippen molar-refractivity contribution >= 4 is 27.7 Å². The number of piperidine rings is 1. The Hall–Kier alpha value is -3.20. The maximum absolute atomic E-state index is 12.7. The standard InChI is InChI=1S/C26H31N3O5S/c1-19(26(31)29-16-13-21(14-17-29)18-20-8-3-2-4-9-20)34-24(30)12-7-15-27-25-22-10-5-6-11-23(22)35(32,33)28-25/h2-6,8-11,19,21H,7,12-18H2,1H3,(H,27,28). The van der Waals surface area contributed by atoms with Gasteiger partial charge in [-0.1, -0.05) is 42.5 Å². The van der Waals surface area contributed by atoms with Crippen LogP contribution < -0.4 is 4.72 Å². The highest BCUT2D eigenvalue weighted by Gasteiger charge is 2.30. The number of nitrogens with zero attached hydrogens (tertiary/aromatic N) is 2. The van der Waals surface area contributed by atoms with Crippen LogP contribution in [0.2, 0.25) is 0 Å². The van der Waals surface area contributed by atoms with Crippen LogP contribution in [0.1, 0.15) is 43.7 Å². The summed E-state index contributed by atoms with van der Waals surface area (Å²) in [6.07, 6.45) is 2.56. The topological polar surface area (TPSA) is 105 Å². The monoisotopic (exact) mass is 497 g/mol. The Labute approximate surface area is 206 Å². The smallest absolute Gasteiger partial charge is 0.306 e. The van der Waals surface area contributed by atoms with E-state index in [1.807, 2.05) is 18.2 Å². The third-order valence-electron chi connectivity index (χ3n) is 6.42. The maximum atomic E-state index is 12.7. The second kappa shape index (κ2) is 11.0. The molecule has 1 amide bonds. The number of ether oxygens (including phenoxy) is 1. The molecule has 2 aromatic carbocycles. The predicted molar refractivity (Wildman–Crippen MR) is 132 cm³/mol. The highest BCUT2D eigenvalue weighted by Crippen LogP contribution is 2.23. The van der Waals surface area contributed by atoms with E-state index in [1.54, 1.807) is 30.0 Å². The Morgan fingerprint density at radius 3 is 2.51 bits per heavy atom. The number of hydrogen-bond donors (Lipinski definition) is 1. The second-order valence-electron chi connectivity index (χ2n) is 9.03. The van der Waals surface area contributed by atoms with Crippen LogP contribution in [-0.2, 0) is 30.8 Å². The zero-order valence-corrected chi connectivity index (χ0v) is 20.7. The summed E-state index contributed by atoms with van der Waals surface area (Å²) in [5.74, 6) is 0.219. The van der Waals surface area contributed by atoms with E-state index >= 15 is 0 Å². The summed E-state index contributed by atoms with van der Waals surface area (Å²) in [6.45, 7) is 3.22. The minimum Gasteiger partial charge on any atom is -0.453 e. The van der Waals surface area contributed by atoms with Gasteiger partial charge in [-0.3, -0.25) is 19.3 Å². The van der Waals surface area contributed by atoms with Gasteiger partial charge in [0.15, 0.2) is 6.10 Å². The number of esters is 1. The van der Waals surface area contributed by atoms with Crippen LogP contribution in [0, 0.1) is 5.92 Å². The van der Waals surface area contributed by atoms with Crippen LogP contribution >= 0.6 is 0 Å². The molecule has 0 spiro atoms. The molecule has 2 aliphatic heterocycles. The Kier molecular flexibility index (Phi) is 7.85. The van der Waals surface area contributed by atoms with Crippen molar-refractivity contribution in [2.45, 2.75) is 50.0 Å². The van der Waals surface area contributed by atoms with Gasteiger partial charge in [-0.25, -0.2) is 8.42 Å². The molecule has 1 unspecified atom stereocenters. The number of fused-ring (bicyclic) bond motifs is 1. The van der Waals surface area contributed by atoms with Crippen LogP contribution in [0.15, 0.2) is 64.5 Å². The van der Waals surface area contributed by atoms with Crippen LogP contribution in [-0.4, -0.2) is 56.8 Å². The van der Waals surface area contributed by atoms with Gasteiger partial charge in [-0.15, -0.1) is 0 Å². The summed E-state index contributed by atoms with van der Waals surface area (Å²) in [5, 5.41) is 0. The minimum atomic E-state index is -3.58. The first kappa shape index (κ1) is 24.9. The lowest BCUT2D eigenvalue weighted by Crippen LogP contribution is -2.44. The van der Waals surface area contributed by atoms with E-state index in [9.17, 15) is 18.0 Å². The average Bonchev–Trinajstić information content (AvgIpc) is 3.12. The lowest BCUT2D eigenvalue weighted by molar-refractivity contribution is -0.159. The Balaban J connectivity index is 1.18. The summed E-state index contributed by atoms with van der Waals surface area (Å²) in [4.78, 5) is 31.3. The first-order valence-corrected chi connectivity index (χ1v) is 13.5. The molecule has 0 aromatic heterocycles. The number of carbonyl (C=O) groups excluding carboxylic acids is 2. The molecule has 9 heteroatoms. The van der Waals surface area contributed by atoms with E-state index in [0.717, 1.165) is 19.3 Å². The van der Waals surface area contributed by atoms with Gasteiger partial charge in [0.1, 0.15) is 5.84 Å². The Morgan fingerprint density at radius 2 is 1.77 bits per heavy atom. The van der Waals surface area contributed by atoms with Crippen LogP contribution in [0.5, 0.6) is 0 Å². The van der Waals surface area contributed by atoms with Crippen molar-refractivity contribution in [1.29, 1.82) is 0 Å². The number of carbonyl (C=O) groups is 2. The number of benzene rings is 2. The quantitative estimate of drug-likeness (QED) is 0.446. The van der Waals surface area contributed by atoms with Crippen LogP contribution in [0.3, 0.4) is 0 Å². The van der Waals surface area contributed by atoms with Gasteiger partial charge < -0.3 is 9.64 Å². The van der Waals surface area contributed by atoms with Gasteiger partial charge in [0.2, 0.25) is 0 Å². The van der Waals surface area contributed by atoms with E-state index in [2.05, 4.69) is 21.8 Å². The molecule has 186 valence electrons. The largest absolute Gasteiger partial charge is 0.453 e. The normalized spacial score (nSPS) is 19.1. The van der Waals surface area contributed by atoms with Gasteiger partial charge in [-0.2, -0.15) is 0 Å². The van der Waals surface area contributed by atoms with Crippen molar-refractivity contribution in [3.05, 3.63) is 65.7 Å². The molecule has 1 fully saturated rings. The van der Waals surface area contributed by atoms with E-state index in [-0.39, 0.29) is 29.6 Å². The van der Waals surface area contributed by atoms with Gasteiger partial charge in [0.05, 0.1) is 4.90 Å². The molecule has 2 aliphatic rings. The van der Waals surface area contributed by atoms with Crippen LogP contribution in [0.25, 0.3) is 0 Å². The number of aliphatic imine (C=N–C) groups is 1. The molecule has 2 aromatic rings. The van der Waals surface area contributed by atoms with Crippen molar-refractivity contribution in [3.63, 3.8) is 0 Å². The fraction of sp³-hybridized carbons (Fsp3) is 0.423. The molecular weight excluding hydrogens is 466 g/mol. The van der Waals surface area contributed by atoms with E-state index < -0.39 is 22.1 Å². The van der Waals surface area contributed by atoms with Crippen molar-refractivity contribution in [3.8, 4) is 0 Å². The molecule has 0 bridgehead atoms. The summed E-state index contributed by atoms with van der Waals surface area (Å²) in [6, 6.07) is 17.0. The second-order valence-corrected chi connectivity index (χ2v) is 10.7. The third kappa shape index (κ3) is 6.28. The van der Waals surface area contributed by atoms with Crippen molar-refractivity contribution in [2.24, 2.45) is 10.9 Å². The summed E-state index contributed by atoms with van der Waals surface area (Å²) < 4.78 is 32.0. The zero-order chi connectivity index (χ0) is 24.8. The Bertz CT molecular complexity index is 1190. The lowest BCUT2D eigenvalue weighted by Gasteiger charge is -2.33. The third-order valence-corrected chi connectivity index (χ3v) is 7.82. The van der Waals surface area contributed by atoms with Crippen molar-refractivity contribution < 1.29 is 22.7 Å². The number of amides is 1. The summed E-state index contributed by atoms with van der Waals surface area (Å²) in [5.41, 5.74) is 1.85. The van der Waals surface area contributed by atoms with E-state index in [0.29, 0.717) is 31.0 Å². The molecule has 8 nitrogen and oxygen atoms in total. The van der Waals surface area contributed by atoms with Crippen molar-refractivity contribution in [2.75, 3.05) is 19.6 Å². The van der Waals surface area contributed by atoms with E-state index in [1.165, 1.54) is 11.6 Å². The SMILES string of the molecule is CC(OC(=O)CCCN=C1NS(=O)(=O)c2ccccc21)C(=O)N1CCC(Cc2ccccc2)CC1. The van der Waals surface area contributed by atoms with Gasteiger partial charge in [0.25, 0.3) is 15.9 Å². The van der Waals surface area contributed by atoms with Gasteiger partial charge in [-0.05, 0) is 56.2 Å². The number of nitrogens with one attached hydrogen (secondary N) is 1. The molecule has 0 saturated carbocycles. The van der Waals surface area contributed by atoms with Crippen molar-refractivity contribution in [1.82, 2.24) is 9.62 Å². The number of sulfonamides is 1.